The van der Waals surface area contributed by atoms with E-state index in [2.05, 4.69) is 28.7 Å². The molecule has 0 aliphatic rings. The van der Waals surface area contributed by atoms with Gasteiger partial charge < -0.3 is 4.74 Å². The van der Waals surface area contributed by atoms with Gasteiger partial charge in [0.2, 0.25) is 0 Å². The van der Waals surface area contributed by atoms with Crippen molar-refractivity contribution in [1.82, 2.24) is 0 Å². The van der Waals surface area contributed by atoms with Crippen molar-refractivity contribution in [2.45, 2.75) is 6.61 Å². The number of nitrogens with zero attached hydrogens (tertiary/aromatic N) is 1. The molecule has 0 saturated carbocycles. The normalized spacial score (nSPS) is 9.83. The van der Waals surface area contributed by atoms with E-state index >= 15 is 0 Å². The second kappa shape index (κ2) is 5.83. The van der Waals surface area contributed by atoms with Gasteiger partial charge >= 0.3 is 0 Å². The fourth-order valence-electron chi connectivity index (χ4n) is 1.46. The van der Waals surface area contributed by atoms with Crippen molar-refractivity contribution in [2.75, 3.05) is 0 Å². The number of rotatable bonds is 3. The zero-order chi connectivity index (χ0) is 13.0. The Morgan fingerprint density at radius 2 is 2.00 bits per heavy atom. The van der Waals surface area contributed by atoms with Crippen molar-refractivity contribution >= 4 is 22.6 Å². The van der Waals surface area contributed by atoms with Gasteiger partial charge in [-0.2, -0.15) is 5.26 Å². The molecular weight excluding hydrogens is 344 g/mol. The van der Waals surface area contributed by atoms with Crippen LogP contribution in [-0.4, -0.2) is 0 Å². The first-order valence-corrected chi connectivity index (χ1v) is 6.34. The van der Waals surface area contributed by atoms with Crippen LogP contribution in [0.5, 0.6) is 5.75 Å². The molecule has 0 N–H and O–H groups in total. The first-order chi connectivity index (χ1) is 8.70. The Hall–Kier alpha value is -1.61. The Morgan fingerprint density at radius 3 is 2.67 bits per heavy atom. The van der Waals surface area contributed by atoms with Gasteiger partial charge in [-0.25, -0.2) is 4.39 Å². The molecule has 0 heterocycles. The number of ether oxygens (including phenoxy) is 1. The topological polar surface area (TPSA) is 33.0 Å². The lowest BCUT2D eigenvalue weighted by molar-refractivity contribution is 0.297. The van der Waals surface area contributed by atoms with Gasteiger partial charge in [0.1, 0.15) is 18.2 Å². The molecule has 0 unspecified atom stereocenters. The third kappa shape index (κ3) is 2.99. The minimum absolute atomic E-state index is 0.175. The molecule has 2 nitrogen and oxygen atoms in total. The summed E-state index contributed by atoms with van der Waals surface area (Å²) in [6.45, 7) is 0.175. The van der Waals surface area contributed by atoms with Gasteiger partial charge in [0.25, 0.3) is 0 Å². The minimum atomic E-state index is -0.277. The fraction of sp³-hybridized carbons (Fsp3) is 0.0714. The minimum Gasteiger partial charge on any atom is -0.488 e. The molecule has 0 aliphatic carbocycles. The van der Waals surface area contributed by atoms with E-state index in [0.717, 1.165) is 3.57 Å². The third-order valence-electron chi connectivity index (χ3n) is 2.40. The average Bonchev–Trinajstić information content (AvgIpc) is 2.39. The Labute approximate surface area is 118 Å². The summed E-state index contributed by atoms with van der Waals surface area (Å²) in [5.41, 5.74) is 1.09. The van der Waals surface area contributed by atoms with E-state index in [0.29, 0.717) is 16.9 Å². The molecule has 90 valence electrons. The Kier molecular flexibility index (Phi) is 4.15. The van der Waals surface area contributed by atoms with Gasteiger partial charge in [-0.1, -0.05) is 18.2 Å². The van der Waals surface area contributed by atoms with E-state index in [1.807, 2.05) is 0 Å². The van der Waals surface area contributed by atoms with Crippen LogP contribution in [0.25, 0.3) is 0 Å². The molecule has 0 aromatic heterocycles. The molecule has 0 fully saturated rings. The third-order valence-corrected chi connectivity index (χ3v) is 3.25. The van der Waals surface area contributed by atoms with Crippen LogP contribution in [0.4, 0.5) is 4.39 Å². The summed E-state index contributed by atoms with van der Waals surface area (Å²) in [5, 5.41) is 8.75. The van der Waals surface area contributed by atoms with Crippen LogP contribution in [-0.2, 0) is 6.61 Å². The second-order valence-electron chi connectivity index (χ2n) is 3.64. The first kappa shape index (κ1) is 12.8. The highest BCUT2D eigenvalue weighted by Crippen LogP contribution is 2.23. The summed E-state index contributed by atoms with van der Waals surface area (Å²) in [5.74, 6) is 0.374. The van der Waals surface area contributed by atoms with E-state index < -0.39 is 0 Å². The summed E-state index contributed by atoms with van der Waals surface area (Å²) in [6.07, 6.45) is 0. The van der Waals surface area contributed by atoms with Gasteiger partial charge in [-0.3, -0.25) is 0 Å². The van der Waals surface area contributed by atoms with Gasteiger partial charge in [-0.15, -0.1) is 0 Å². The fourth-order valence-corrected chi connectivity index (χ4v) is 2.13. The van der Waals surface area contributed by atoms with Crippen molar-refractivity contribution in [1.29, 1.82) is 5.26 Å². The molecule has 2 rings (SSSR count). The van der Waals surface area contributed by atoms with Crippen LogP contribution >= 0.6 is 22.6 Å². The maximum atomic E-state index is 13.4. The maximum Gasteiger partial charge on any atom is 0.133 e. The maximum absolute atomic E-state index is 13.4. The smallest absolute Gasteiger partial charge is 0.133 e. The van der Waals surface area contributed by atoms with Gasteiger partial charge in [0, 0.05) is 5.56 Å². The summed E-state index contributed by atoms with van der Waals surface area (Å²) in [7, 11) is 0. The van der Waals surface area contributed by atoms with E-state index in [1.54, 1.807) is 36.4 Å². The highest BCUT2D eigenvalue weighted by atomic mass is 127. The molecule has 0 aliphatic heterocycles. The lowest BCUT2D eigenvalue weighted by Crippen LogP contribution is -1.99. The molecule has 2 aromatic carbocycles. The van der Waals surface area contributed by atoms with E-state index in [1.165, 1.54) is 6.07 Å². The number of hydrogen-bond donors (Lipinski definition) is 0. The van der Waals surface area contributed by atoms with Crippen LogP contribution in [0.3, 0.4) is 0 Å². The van der Waals surface area contributed by atoms with Crippen LogP contribution in [0.1, 0.15) is 11.1 Å². The van der Waals surface area contributed by atoms with E-state index in [9.17, 15) is 4.39 Å². The summed E-state index contributed by atoms with van der Waals surface area (Å²) < 4.78 is 19.8. The van der Waals surface area contributed by atoms with Crippen molar-refractivity contribution in [3.05, 3.63) is 63.0 Å². The van der Waals surface area contributed by atoms with Gasteiger partial charge in [0.15, 0.2) is 0 Å². The lowest BCUT2D eigenvalue weighted by atomic mass is 10.2. The SMILES string of the molecule is N#Cc1ccc(OCc2ccccc2F)c(I)c1. The number of nitriles is 1. The summed E-state index contributed by atoms with van der Waals surface area (Å²) in [4.78, 5) is 0. The second-order valence-corrected chi connectivity index (χ2v) is 4.80. The first-order valence-electron chi connectivity index (χ1n) is 5.26. The molecule has 0 bridgehead atoms. The molecule has 4 heteroatoms. The highest BCUT2D eigenvalue weighted by Gasteiger charge is 2.05. The predicted molar refractivity (Wildman–Crippen MR) is 74.6 cm³/mol. The zero-order valence-electron chi connectivity index (χ0n) is 9.36. The summed E-state index contributed by atoms with van der Waals surface area (Å²) in [6, 6.07) is 13.7. The van der Waals surface area contributed by atoms with Crippen molar-refractivity contribution in [3.8, 4) is 11.8 Å². The zero-order valence-corrected chi connectivity index (χ0v) is 11.5. The quantitative estimate of drug-likeness (QED) is 0.785. The monoisotopic (exact) mass is 353 g/mol. The lowest BCUT2D eigenvalue weighted by Gasteiger charge is -2.09. The summed E-state index contributed by atoms with van der Waals surface area (Å²) >= 11 is 2.09. The van der Waals surface area contributed by atoms with Gasteiger partial charge in [0.05, 0.1) is 15.2 Å². The average molecular weight is 353 g/mol. The van der Waals surface area contributed by atoms with Crippen molar-refractivity contribution in [2.24, 2.45) is 0 Å². The molecular formula is C14H9FINO. The molecule has 0 spiro atoms. The Bertz CT molecular complexity index is 607. The van der Waals surface area contributed by atoms with Gasteiger partial charge in [-0.05, 0) is 46.9 Å². The molecule has 0 radical (unpaired) electrons. The molecule has 0 saturated heterocycles. The van der Waals surface area contributed by atoms with Crippen molar-refractivity contribution < 1.29 is 9.13 Å². The number of halogens is 2. The molecule has 0 atom stereocenters. The molecule has 0 amide bonds. The Morgan fingerprint density at radius 1 is 1.22 bits per heavy atom. The van der Waals surface area contributed by atoms with Crippen LogP contribution in [0.15, 0.2) is 42.5 Å². The number of benzene rings is 2. The Balaban J connectivity index is 2.12. The molecule has 2 aromatic rings. The van der Waals surface area contributed by atoms with E-state index in [-0.39, 0.29) is 12.4 Å². The van der Waals surface area contributed by atoms with E-state index in [4.69, 9.17) is 10.00 Å². The largest absolute Gasteiger partial charge is 0.488 e. The van der Waals surface area contributed by atoms with Crippen LogP contribution < -0.4 is 4.74 Å². The van der Waals surface area contributed by atoms with Crippen LogP contribution in [0.2, 0.25) is 0 Å². The van der Waals surface area contributed by atoms with Crippen molar-refractivity contribution in [3.63, 3.8) is 0 Å². The number of hydrogen-bond acceptors (Lipinski definition) is 2. The molecule has 18 heavy (non-hydrogen) atoms. The predicted octanol–water partition coefficient (Wildman–Crippen LogP) is 3.88. The highest BCUT2D eigenvalue weighted by molar-refractivity contribution is 14.1. The standard InChI is InChI=1S/C14H9FINO/c15-12-4-2-1-3-11(12)9-18-14-6-5-10(8-17)7-13(14)16/h1-7H,9H2. The van der Waals surface area contributed by atoms with Crippen LogP contribution in [0, 0.1) is 20.7 Å².